The van der Waals surface area contributed by atoms with Crippen LogP contribution in [0.1, 0.15) is 19.3 Å². The number of fused-ring (bicyclic) bond motifs is 1. The van der Waals surface area contributed by atoms with Crippen LogP contribution in [0.2, 0.25) is 0 Å². The van der Waals surface area contributed by atoms with E-state index in [0.717, 1.165) is 23.4 Å². The summed E-state index contributed by atoms with van der Waals surface area (Å²) in [6.07, 6.45) is 4.97. The Morgan fingerprint density at radius 1 is 1.16 bits per heavy atom. The van der Waals surface area contributed by atoms with Crippen molar-refractivity contribution in [3.63, 3.8) is 0 Å². The minimum Gasteiger partial charge on any atom is -0.493 e. The number of hydrogen-bond acceptors (Lipinski definition) is 6. The number of methoxy groups -OCH3 is 1. The fraction of sp³-hybridized carbons (Fsp3) is 0.280. The summed E-state index contributed by atoms with van der Waals surface area (Å²) in [5.74, 6) is 1.28. The molecule has 1 unspecified atom stereocenters. The molecule has 1 aliphatic rings. The molecular formula is C25H25N3O3S. The summed E-state index contributed by atoms with van der Waals surface area (Å²) in [5.41, 5.74) is 2.39. The van der Waals surface area contributed by atoms with E-state index >= 15 is 0 Å². The Balaban J connectivity index is 1.41. The Labute approximate surface area is 190 Å². The van der Waals surface area contributed by atoms with Crippen LogP contribution in [0.3, 0.4) is 0 Å². The molecule has 6 nitrogen and oxygen atoms in total. The van der Waals surface area contributed by atoms with Gasteiger partial charge in [-0.3, -0.25) is 9.36 Å². The number of rotatable bonds is 7. The molecule has 5 rings (SSSR count). The summed E-state index contributed by atoms with van der Waals surface area (Å²) in [5, 5.41) is 3.48. The maximum atomic E-state index is 13.2. The number of hydrogen-bond donors (Lipinski definition) is 1. The number of thiophene rings is 1. The fourth-order valence-corrected chi connectivity index (χ4v) is 5.13. The standard InChI is InChI=1S/C25H25N3O3S/c1-30-22-14-19(9-10-21(22)31-13-11-18-8-5-12-26-18)28-16-27-20-15-23(32-24(20)25(28)29)17-6-3-2-4-7-17/h2-4,6-7,9-10,14-16,18,26H,5,8,11-13H2,1H3. The van der Waals surface area contributed by atoms with Gasteiger partial charge in [0.25, 0.3) is 5.56 Å². The number of nitrogens with one attached hydrogen (secondary N) is 1. The molecule has 1 saturated heterocycles. The highest BCUT2D eigenvalue weighted by Gasteiger charge is 2.16. The van der Waals surface area contributed by atoms with Gasteiger partial charge in [0.15, 0.2) is 11.5 Å². The topological polar surface area (TPSA) is 65.4 Å². The average Bonchev–Trinajstić information content (AvgIpc) is 3.51. The molecule has 164 valence electrons. The summed E-state index contributed by atoms with van der Waals surface area (Å²) in [6.45, 7) is 1.71. The predicted molar refractivity (Wildman–Crippen MR) is 128 cm³/mol. The summed E-state index contributed by atoms with van der Waals surface area (Å²) < 4.78 is 13.7. The second-order valence-corrected chi connectivity index (χ2v) is 8.93. The Morgan fingerprint density at radius 2 is 2.03 bits per heavy atom. The Hall–Kier alpha value is -3.16. The largest absolute Gasteiger partial charge is 0.493 e. The van der Waals surface area contributed by atoms with Crippen molar-refractivity contribution in [2.45, 2.75) is 25.3 Å². The lowest BCUT2D eigenvalue weighted by molar-refractivity contribution is 0.275. The number of nitrogens with zero attached hydrogens (tertiary/aromatic N) is 2. The Morgan fingerprint density at radius 3 is 2.81 bits per heavy atom. The van der Waals surface area contributed by atoms with Gasteiger partial charge in [0.1, 0.15) is 11.0 Å². The molecule has 7 heteroatoms. The van der Waals surface area contributed by atoms with Crippen LogP contribution in [0.5, 0.6) is 11.5 Å². The van der Waals surface area contributed by atoms with Crippen LogP contribution in [0.25, 0.3) is 26.3 Å². The zero-order chi connectivity index (χ0) is 21.9. The summed E-state index contributed by atoms with van der Waals surface area (Å²) in [4.78, 5) is 18.8. The molecule has 1 atom stereocenters. The molecule has 0 bridgehead atoms. The van der Waals surface area contributed by atoms with Crippen LogP contribution in [0, 0.1) is 0 Å². The Kier molecular flexibility index (Phi) is 5.92. The fourth-order valence-electron chi connectivity index (χ4n) is 4.08. The van der Waals surface area contributed by atoms with E-state index in [0.29, 0.717) is 40.1 Å². The molecule has 4 aromatic rings. The van der Waals surface area contributed by atoms with Gasteiger partial charge >= 0.3 is 0 Å². The summed E-state index contributed by atoms with van der Waals surface area (Å²) in [6, 6.07) is 18.1. The van der Waals surface area contributed by atoms with Crippen molar-refractivity contribution in [1.82, 2.24) is 14.9 Å². The third kappa shape index (κ3) is 4.13. The first-order chi connectivity index (χ1) is 15.7. The quantitative estimate of drug-likeness (QED) is 0.447. The van der Waals surface area contributed by atoms with E-state index in [1.54, 1.807) is 18.0 Å². The SMILES string of the molecule is COc1cc(-n2cnc3cc(-c4ccccc4)sc3c2=O)ccc1OCCC1CCCN1. The molecule has 1 aliphatic heterocycles. The van der Waals surface area contributed by atoms with Crippen molar-refractivity contribution in [2.24, 2.45) is 0 Å². The molecule has 32 heavy (non-hydrogen) atoms. The second kappa shape index (κ2) is 9.14. The van der Waals surface area contributed by atoms with Gasteiger partial charge in [-0.1, -0.05) is 30.3 Å². The van der Waals surface area contributed by atoms with Crippen LogP contribution in [-0.4, -0.2) is 35.9 Å². The minimum absolute atomic E-state index is 0.0924. The first-order valence-electron chi connectivity index (χ1n) is 10.8. The molecule has 2 aromatic carbocycles. The molecule has 1 fully saturated rings. The molecule has 1 N–H and O–H groups in total. The highest BCUT2D eigenvalue weighted by Crippen LogP contribution is 2.32. The van der Waals surface area contributed by atoms with Gasteiger partial charge in [-0.15, -0.1) is 11.3 Å². The number of aromatic nitrogens is 2. The maximum Gasteiger partial charge on any atom is 0.275 e. The average molecular weight is 448 g/mol. The monoisotopic (exact) mass is 447 g/mol. The van der Waals surface area contributed by atoms with Gasteiger partial charge < -0.3 is 14.8 Å². The van der Waals surface area contributed by atoms with E-state index in [9.17, 15) is 4.79 Å². The third-order valence-corrected chi connectivity index (χ3v) is 6.97. The van der Waals surface area contributed by atoms with Crippen molar-refractivity contribution in [1.29, 1.82) is 0 Å². The normalized spacial score (nSPS) is 15.8. The van der Waals surface area contributed by atoms with Crippen LogP contribution >= 0.6 is 11.3 Å². The molecule has 0 aliphatic carbocycles. The van der Waals surface area contributed by atoms with Gasteiger partial charge in [0, 0.05) is 17.0 Å². The van der Waals surface area contributed by atoms with Crippen LogP contribution in [0.4, 0.5) is 0 Å². The molecule has 2 aromatic heterocycles. The van der Waals surface area contributed by atoms with Crippen LogP contribution in [-0.2, 0) is 0 Å². The van der Waals surface area contributed by atoms with E-state index in [1.165, 1.54) is 24.2 Å². The van der Waals surface area contributed by atoms with Crippen molar-refractivity contribution in [2.75, 3.05) is 20.3 Å². The molecule has 0 radical (unpaired) electrons. The third-order valence-electron chi connectivity index (χ3n) is 5.81. The predicted octanol–water partition coefficient (Wildman–Crippen LogP) is 4.64. The van der Waals surface area contributed by atoms with Gasteiger partial charge in [-0.2, -0.15) is 0 Å². The zero-order valence-corrected chi connectivity index (χ0v) is 18.7. The number of benzene rings is 2. The summed E-state index contributed by atoms with van der Waals surface area (Å²) in [7, 11) is 1.61. The maximum absolute atomic E-state index is 13.2. The first kappa shape index (κ1) is 20.7. The van der Waals surface area contributed by atoms with Gasteiger partial charge in [0.2, 0.25) is 0 Å². The van der Waals surface area contributed by atoms with E-state index in [-0.39, 0.29) is 5.56 Å². The lowest BCUT2D eigenvalue weighted by atomic mass is 10.2. The van der Waals surface area contributed by atoms with Crippen LogP contribution in [0.15, 0.2) is 65.7 Å². The minimum atomic E-state index is -0.0924. The molecule has 0 saturated carbocycles. The van der Waals surface area contributed by atoms with E-state index < -0.39 is 0 Å². The molecule has 0 spiro atoms. The van der Waals surface area contributed by atoms with Crippen molar-refractivity contribution < 1.29 is 9.47 Å². The molecule has 0 amide bonds. The lowest BCUT2D eigenvalue weighted by Gasteiger charge is -2.15. The van der Waals surface area contributed by atoms with Crippen LogP contribution < -0.4 is 20.3 Å². The van der Waals surface area contributed by atoms with Crippen molar-refractivity contribution in [3.05, 3.63) is 71.3 Å². The smallest absolute Gasteiger partial charge is 0.275 e. The van der Waals surface area contributed by atoms with E-state index in [1.807, 2.05) is 54.6 Å². The van der Waals surface area contributed by atoms with Gasteiger partial charge in [0.05, 0.1) is 24.9 Å². The molecule has 3 heterocycles. The van der Waals surface area contributed by atoms with E-state index in [2.05, 4.69) is 10.3 Å². The lowest BCUT2D eigenvalue weighted by Crippen LogP contribution is -2.23. The van der Waals surface area contributed by atoms with E-state index in [4.69, 9.17) is 9.47 Å². The van der Waals surface area contributed by atoms with Crippen molar-refractivity contribution in [3.8, 4) is 27.6 Å². The van der Waals surface area contributed by atoms with Gasteiger partial charge in [-0.25, -0.2) is 4.98 Å². The first-order valence-corrected chi connectivity index (χ1v) is 11.7. The second-order valence-electron chi connectivity index (χ2n) is 7.88. The number of ether oxygens (including phenoxy) is 2. The Bertz CT molecular complexity index is 1280. The highest BCUT2D eigenvalue weighted by molar-refractivity contribution is 7.22. The van der Waals surface area contributed by atoms with Crippen molar-refractivity contribution >= 4 is 21.6 Å². The molecular weight excluding hydrogens is 422 g/mol. The zero-order valence-electron chi connectivity index (χ0n) is 17.9. The van der Waals surface area contributed by atoms with Gasteiger partial charge in [-0.05, 0) is 49.6 Å². The summed E-state index contributed by atoms with van der Waals surface area (Å²) >= 11 is 1.46. The highest BCUT2D eigenvalue weighted by atomic mass is 32.1.